The summed E-state index contributed by atoms with van der Waals surface area (Å²) in [7, 11) is 0. The number of hydrogen-bond acceptors (Lipinski definition) is 3. The summed E-state index contributed by atoms with van der Waals surface area (Å²) in [6.45, 7) is 1.35. The van der Waals surface area contributed by atoms with Gasteiger partial charge in [0, 0.05) is 31.4 Å². The molecule has 1 saturated heterocycles. The van der Waals surface area contributed by atoms with Gasteiger partial charge in [0.25, 0.3) is 0 Å². The predicted octanol–water partition coefficient (Wildman–Crippen LogP) is 1.88. The Labute approximate surface area is 139 Å². The lowest BCUT2D eigenvalue weighted by Crippen LogP contribution is -2.45. The largest absolute Gasteiger partial charge is 0.481 e. The smallest absolute Gasteiger partial charge is 0.317 e. The molecule has 2 amide bonds. The maximum Gasteiger partial charge on any atom is 0.317 e. The summed E-state index contributed by atoms with van der Waals surface area (Å²) in [4.78, 5) is 24.8. The second-order valence-corrected chi connectivity index (χ2v) is 5.89. The van der Waals surface area contributed by atoms with Crippen LogP contribution in [-0.4, -0.2) is 44.9 Å². The number of rotatable bonds is 4. The number of para-hydroxylation sites is 1. The van der Waals surface area contributed by atoms with E-state index in [9.17, 15) is 9.59 Å². The Morgan fingerprint density at radius 2 is 1.92 bits per heavy atom. The number of likely N-dealkylation sites (tertiary alicyclic amines) is 1. The molecular weight excluding hydrogens is 308 g/mol. The minimum Gasteiger partial charge on any atom is -0.481 e. The highest BCUT2D eigenvalue weighted by Crippen LogP contribution is 2.17. The Kier molecular flexibility index (Phi) is 4.79. The molecule has 0 spiro atoms. The summed E-state index contributed by atoms with van der Waals surface area (Å²) in [5.41, 5.74) is 1.87. The van der Waals surface area contributed by atoms with Gasteiger partial charge in [-0.25, -0.2) is 9.48 Å². The number of hydrogen-bond donors (Lipinski definition) is 2. The number of carbonyl (C=O) groups excluding carboxylic acids is 1. The SMILES string of the molecule is O=C(O)C1CCN(C(=O)NCc2cnn(-c3ccccc3)c2)CC1. The van der Waals surface area contributed by atoms with E-state index in [2.05, 4.69) is 10.4 Å². The Morgan fingerprint density at radius 3 is 2.58 bits per heavy atom. The van der Waals surface area contributed by atoms with Gasteiger partial charge in [0.15, 0.2) is 0 Å². The van der Waals surface area contributed by atoms with Crippen molar-refractivity contribution in [3.63, 3.8) is 0 Å². The van der Waals surface area contributed by atoms with Crippen molar-refractivity contribution in [3.8, 4) is 5.69 Å². The number of amides is 2. The quantitative estimate of drug-likeness (QED) is 0.897. The lowest BCUT2D eigenvalue weighted by Gasteiger charge is -2.30. The van der Waals surface area contributed by atoms with Crippen LogP contribution in [0.4, 0.5) is 4.79 Å². The number of urea groups is 1. The van der Waals surface area contributed by atoms with Crippen molar-refractivity contribution in [2.75, 3.05) is 13.1 Å². The van der Waals surface area contributed by atoms with Crippen LogP contribution in [0.2, 0.25) is 0 Å². The van der Waals surface area contributed by atoms with Gasteiger partial charge in [-0.15, -0.1) is 0 Å². The van der Waals surface area contributed by atoms with E-state index >= 15 is 0 Å². The van der Waals surface area contributed by atoms with E-state index in [1.54, 1.807) is 15.8 Å². The third kappa shape index (κ3) is 3.73. The Bertz CT molecular complexity index is 706. The van der Waals surface area contributed by atoms with Gasteiger partial charge in [-0.05, 0) is 25.0 Å². The number of carboxylic acids is 1. The molecule has 1 aliphatic rings. The van der Waals surface area contributed by atoms with Gasteiger partial charge < -0.3 is 15.3 Å². The average molecular weight is 328 g/mol. The van der Waals surface area contributed by atoms with E-state index in [1.807, 2.05) is 36.5 Å². The molecule has 1 aromatic carbocycles. The van der Waals surface area contributed by atoms with Crippen LogP contribution in [0.5, 0.6) is 0 Å². The lowest BCUT2D eigenvalue weighted by molar-refractivity contribution is -0.143. The fourth-order valence-electron chi connectivity index (χ4n) is 2.79. The molecule has 1 aromatic heterocycles. The van der Waals surface area contributed by atoms with Crippen LogP contribution in [-0.2, 0) is 11.3 Å². The van der Waals surface area contributed by atoms with Crippen LogP contribution < -0.4 is 5.32 Å². The molecule has 24 heavy (non-hydrogen) atoms. The van der Waals surface area contributed by atoms with Crippen LogP contribution in [0.1, 0.15) is 18.4 Å². The fourth-order valence-corrected chi connectivity index (χ4v) is 2.79. The minimum absolute atomic E-state index is 0.161. The summed E-state index contributed by atoms with van der Waals surface area (Å²) < 4.78 is 1.76. The second-order valence-electron chi connectivity index (χ2n) is 5.89. The van der Waals surface area contributed by atoms with Gasteiger partial charge in [-0.2, -0.15) is 5.10 Å². The summed E-state index contributed by atoms with van der Waals surface area (Å²) >= 11 is 0. The van der Waals surface area contributed by atoms with Crippen molar-refractivity contribution in [1.29, 1.82) is 0 Å². The Hall–Kier alpha value is -2.83. The van der Waals surface area contributed by atoms with E-state index in [4.69, 9.17) is 5.11 Å². The number of aromatic nitrogens is 2. The zero-order valence-corrected chi connectivity index (χ0v) is 13.3. The van der Waals surface area contributed by atoms with Gasteiger partial charge in [0.05, 0.1) is 17.8 Å². The highest BCUT2D eigenvalue weighted by atomic mass is 16.4. The monoisotopic (exact) mass is 328 g/mol. The van der Waals surface area contributed by atoms with Crippen molar-refractivity contribution >= 4 is 12.0 Å². The number of benzene rings is 1. The van der Waals surface area contributed by atoms with Gasteiger partial charge in [-0.3, -0.25) is 4.79 Å². The van der Waals surface area contributed by atoms with Crippen LogP contribution in [0, 0.1) is 5.92 Å². The third-order valence-electron chi connectivity index (χ3n) is 4.23. The molecule has 7 heteroatoms. The lowest BCUT2D eigenvalue weighted by atomic mass is 9.97. The third-order valence-corrected chi connectivity index (χ3v) is 4.23. The number of carboxylic acid groups (broad SMARTS) is 1. The van der Waals surface area contributed by atoms with E-state index < -0.39 is 5.97 Å². The van der Waals surface area contributed by atoms with Crippen LogP contribution in [0.25, 0.3) is 5.69 Å². The molecule has 1 aliphatic heterocycles. The topological polar surface area (TPSA) is 87.5 Å². The van der Waals surface area contributed by atoms with Crippen molar-refractivity contribution in [2.24, 2.45) is 5.92 Å². The molecule has 0 unspecified atom stereocenters. The highest BCUT2D eigenvalue weighted by Gasteiger charge is 2.26. The van der Waals surface area contributed by atoms with Gasteiger partial charge >= 0.3 is 12.0 Å². The first kappa shape index (κ1) is 16.0. The van der Waals surface area contributed by atoms with Crippen LogP contribution >= 0.6 is 0 Å². The molecule has 0 bridgehead atoms. The van der Waals surface area contributed by atoms with E-state index in [0.717, 1.165) is 11.3 Å². The number of nitrogens with zero attached hydrogens (tertiary/aromatic N) is 3. The van der Waals surface area contributed by atoms with E-state index in [1.165, 1.54) is 0 Å². The molecule has 1 fully saturated rings. The zero-order valence-electron chi connectivity index (χ0n) is 13.3. The average Bonchev–Trinajstić information content (AvgIpc) is 3.09. The zero-order chi connectivity index (χ0) is 16.9. The number of nitrogens with one attached hydrogen (secondary N) is 1. The summed E-state index contributed by atoms with van der Waals surface area (Å²) in [5, 5.41) is 16.1. The first-order chi connectivity index (χ1) is 11.6. The molecule has 0 atom stereocenters. The normalized spacial score (nSPS) is 15.2. The maximum atomic E-state index is 12.2. The van der Waals surface area contributed by atoms with Crippen molar-refractivity contribution in [3.05, 3.63) is 48.3 Å². The molecule has 0 radical (unpaired) electrons. The molecule has 2 heterocycles. The summed E-state index contributed by atoms with van der Waals surface area (Å²) in [5.74, 6) is -1.11. The maximum absolute atomic E-state index is 12.2. The predicted molar refractivity (Wildman–Crippen MR) is 87.7 cm³/mol. The van der Waals surface area contributed by atoms with E-state index in [-0.39, 0.29) is 11.9 Å². The van der Waals surface area contributed by atoms with E-state index in [0.29, 0.717) is 32.5 Å². The minimum atomic E-state index is -0.775. The fraction of sp³-hybridized carbons (Fsp3) is 0.353. The molecule has 2 aromatic rings. The first-order valence-electron chi connectivity index (χ1n) is 7.98. The molecule has 2 N–H and O–H groups in total. The second kappa shape index (κ2) is 7.16. The molecular formula is C17H20N4O3. The first-order valence-corrected chi connectivity index (χ1v) is 7.98. The summed E-state index contributed by atoms with van der Waals surface area (Å²) in [6, 6.07) is 9.59. The molecule has 0 saturated carbocycles. The van der Waals surface area contributed by atoms with Gasteiger partial charge in [0.2, 0.25) is 0 Å². The molecule has 0 aliphatic carbocycles. The highest BCUT2D eigenvalue weighted by molar-refractivity contribution is 5.75. The Balaban J connectivity index is 1.50. The van der Waals surface area contributed by atoms with Crippen molar-refractivity contribution in [2.45, 2.75) is 19.4 Å². The number of aliphatic carboxylic acids is 1. The Morgan fingerprint density at radius 1 is 1.21 bits per heavy atom. The van der Waals surface area contributed by atoms with Gasteiger partial charge in [-0.1, -0.05) is 18.2 Å². The number of piperidine rings is 1. The van der Waals surface area contributed by atoms with Crippen LogP contribution in [0.3, 0.4) is 0 Å². The molecule has 7 nitrogen and oxygen atoms in total. The van der Waals surface area contributed by atoms with Crippen molar-refractivity contribution in [1.82, 2.24) is 20.0 Å². The van der Waals surface area contributed by atoms with Crippen molar-refractivity contribution < 1.29 is 14.7 Å². The summed E-state index contributed by atoms with van der Waals surface area (Å²) in [6.07, 6.45) is 4.62. The molecule has 126 valence electrons. The van der Waals surface area contributed by atoms with Crippen LogP contribution in [0.15, 0.2) is 42.7 Å². The van der Waals surface area contributed by atoms with Gasteiger partial charge in [0.1, 0.15) is 0 Å². The standard InChI is InChI=1S/C17H20N4O3/c22-16(23)14-6-8-20(9-7-14)17(24)18-10-13-11-19-21(12-13)15-4-2-1-3-5-15/h1-5,11-12,14H,6-10H2,(H,18,24)(H,22,23). The molecule has 3 rings (SSSR count). The number of carbonyl (C=O) groups is 2.